The lowest BCUT2D eigenvalue weighted by Crippen LogP contribution is -2.37. The van der Waals surface area contributed by atoms with Crippen molar-refractivity contribution >= 4 is 5.91 Å². The van der Waals surface area contributed by atoms with Crippen molar-refractivity contribution in [2.45, 2.75) is 71.1 Å². The molecule has 0 unspecified atom stereocenters. The van der Waals surface area contributed by atoms with E-state index in [4.69, 9.17) is 5.84 Å². The quantitative estimate of drug-likeness (QED) is 0.349. The Labute approximate surface area is 173 Å². The largest absolute Gasteiger partial charge is 0.508 e. The van der Waals surface area contributed by atoms with Gasteiger partial charge in [0.25, 0.3) is 0 Å². The van der Waals surface area contributed by atoms with E-state index in [2.05, 4.69) is 5.43 Å². The van der Waals surface area contributed by atoms with E-state index in [1.165, 1.54) is 0 Å². The third-order valence-electron chi connectivity index (χ3n) is 5.56. The number of phenols is 2. The summed E-state index contributed by atoms with van der Waals surface area (Å²) in [4.78, 5) is 12.3. The van der Waals surface area contributed by atoms with Crippen molar-refractivity contribution in [2.75, 3.05) is 0 Å². The number of hydrazine groups is 1. The predicted octanol–water partition coefficient (Wildman–Crippen LogP) is 4.38. The first-order valence-corrected chi connectivity index (χ1v) is 9.87. The molecule has 0 atom stereocenters. The first kappa shape index (κ1) is 22.8. The molecular formula is C24H34N2O3. The second-order valence-electron chi connectivity index (χ2n) is 10.0. The van der Waals surface area contributed by atoms with Crippen molar-refractivity contribution in [1.29, 1.82) is 0 Å². The Hall–Kier alpha value is -2.53. The van der Waals surface area contributed by atoms with E-state index in [9.17, 15) is 15.0 Å². The number of carbonyl (C=O) groups excluding carboxylic acids is 1. The van der Waals surface area contributed by atoms with Gasteiger partial charge in [-0.05, 0) is 45.2 Å². The number of hydrogen-bond donors (Lipinski definition) is 4. The van der Waals surface area contributed by atoms with Crippen LogP contribution in [0.15, 0.2) is 36.4 Å². The summed E-state index contributed by atoms with van der Waals surface area (Å²) in [6.45, 7) is 14.2. The molecule has 0 radical (unpaired) electrons. The van der Waals surface area contributed by atoms with Gasteiger partial charge in [-0.15, -0.1) is 0 Å². The Kier molecular flexibility index (Phi) is 6.05. The van der Waals surface area contributed by atoms with Crippen LogP contribution in [0.3, 0.4) is 0 Å². The molecule has 0 spiro atoms. The fourth-order valence-electron chi connectivity index (χ4n) is 3.70. The fraction of sp³-hybridized carbons (Fsp3) is 0.458. The average molecular weight is 399 g/mol. The third kappa shape index (κ3) is 4.73. The number of carbonyl (C=O) groups is 1. The lowest BCUT2D eigenvalue weighted by atomic mass is 9.70. The van der Waals surface area contributed by atoms with Crippen LogP contribution in [0.5, 0.6) is 11.5 Å². The zero-order valence-corrected chi connectivity index (χ0v) is 18.6. The molecule has 2 rings (SSSR count). The minimum atomic E-state index is -0.704. The molecule has 0 aliphatic rings. The van der Waals surface area contributed by atoms with Crippen LogP contribution in [-0.2, 0) is 21.0 Å². The molecule has 0 saturated heterocycles. The molecule has 2 aromatic rings. The predicted molar refractivity (Wildman–Crippen MR) is 117 cm³/mol. The topological polar surface area (TPSA) is 95.6 Å². The number of aromatic hydroxyl groups is 2. The molecular weight excluding hydrogens is 364 g/mol. The highest BCUT2D eigenvalue weighted by atomic mass is 16.3. The van der Waals surface area contributed by atoms with Gasteiger partial charge in [-0.2, -0.15) is 0 Å². The third-order valence-corrected chi connectivity index (χ3v) is 5.56. The van der Waals surface area contributed by atoms with Gasteiger partial charge in [-0.1, -0.05) is 72.7 Å². The summed E-state index contributed by atoms with van der Waals surface area (Å²) in [6, 6.07) is 11.0. The highest BCUT2D eigenvalue weighted by Gasteiger charge is 2.34. The van der Waals surface area contributed by atoms with Crippen LogP contribution < -0.4 is 11.3 Å². The van der Waals surface area contributed by atoms with Crippen molar-refractivity contribution in [1.82, 2.24) is 5.43 Å². The van der Waals surface area contributed by atoms with Gasteiger partial charge in [0.15, 0.2) is 0 Å². The molecule has 5 N–H and O–H groups in total. The summed E-state index contributed by atoms with van der Waals surface area (Å²) < 4.78 is 0. The number of phenolic OH excluding ortho intramolecular Hbond substituents is 2. The summed E-state index contributed by atoms with van der Waals surface area (Å²) in [6.07, 6.45) is 0.131. The molecule has 0 saturated carbocycles. The van der Waals surface area contributed by atoms with Crippen LogP contribution in [0.4, 0.5) is 0 Å². The Bertz CT molecular complexity index is 842. The second-order valence-corrected chi connectivity index (χ2v) is 10.0. The summed E-state index contributed by atoms with van der Waals surface area (Å²) in [5.41, 5.74) is 4.42. The monoisotopic (exact) mass is 398 g/mol. The summed E-state index contributed by atoms with van der Waals surface area (Å²) in [5.74, 6) is 5.57. The Morgan fingerprint density at radius 3 is 1.52 bits per heavy atom. The van der Waals surface area contributed by atoms with Gasteiger partial charge >= 0.3 is 0 Å². The van der Waals surface area contributed by atoms with E-state index in [0.29, 0.717) is 0 Å². The Balaban J connectivity index is 2.76. The zero-order chi connectivity index (χ0) is 22.2. The van der Waals surface area contributed by atoms with Gasteiger partial charge in [-0.25, -0.2) is 5.84 Å². The van der Waals surface area contributed by atoms with Gasteiger partial charge in [0.1, 0.15) is 11.5 Å². The average Bonchev–Trinajstić information content (AvgIpc) is 2.60. The lowest BCUT2D eigenvalue weighted by molar-refractivity contribution is -0.122. The second kappa shape index (κ2) is 7.71. The molecule has 0 aliphatic heterocycles. The first-order valence-electron chi connectivity index (χ1n) is 9.87. The number of hydrogen-bond acceptors (Lipinski definition) is 4. The van der Waals surface area contributed by atoms with E-state index < -0.39 is 5.41 Å². The molecule has 158 valence electrons. The van der Waals surface area contributed by atoms with Crippen molar-refractivity contribution in [2.24, 2.45) is 5.84 Å². The van der Waals surface area contributed by atoms with E-state index >= 15 is 0 Å². The number of benzene rings is 2. The normalized spacial score (nSPS) is 12.7. The van der Waals surface area contributed by atoms with Crippen molar-refractivity contribution in [3.05, 3.63) is 58.7 Å². The highest BCUT2D eigenvalue weighted by molar-refractivity contribution is 5.78. The van der Waals surface area contributed by atoms with Crippen molar-refractivity contribution < 1.29 is 15.0 Å². The smallest absolute Gasteiger partial charge is 0.235 e. The van der Waals surface area contributed by atoms with Crippen molar-refractivity contribution in [3.8, 4) is 11.5 Å². The molecule has 5 nitrogen and oxygen atoms in total. The van der Waals surface area contributed by atoms with Gasteiger partial charge in [0, 0.05) is 11.8 Å². The minimum Gasteiger partial charge on any atom is -0.508 e. The van der Waals surface area contributed by atoms with Gasteiger partial charge < -0.3 is 10.2 Å². The number of nitrogens with two attached hydrogens (primary N) is 1. The van der Waals surface area contributed by atoms with Gasteiger partial charge in [0.05, 0.1) is 0 Å². The molecule has 0 bridgehead atoms. The summed E-state index contributed by atoms with van der Waals surface area (Å²) >= 11 is 0. The molecule has 0 aromatic heterocycles. The standard InChI is InChI=1S/C24H34N2O3/c1-22(2,3)17-12-15(8-10-19(17)27)24(7,14-21(29)26-25)16-9-11-20(28)18(13-16)23(4,5)6/h8-13,27-28H,14,25H2,1-7H3,(H,26,29). The molecule has 0 heterocycles. The maximum Gasteiger partial charge on any atom is 0.235 e. The lowest BCUT2D eigenvalue weighted by Gasteiger charge is -2.33. The van der Waals surface area contributed by atoms with Gasteiger partial charge in [0.2, 0.25) is 5.91 Å². The SMILES string of the molecule is CC(C)(C)c1cc(C(C)(CC(=O)NN)c2ccc(O)c(C(C)(C)C)c2)ccc1O. The fourth-order valence-corrected chi connectivity index (χ4v) is 3.70. The first-order chi connectivity index (χ1) is 13.2. The molecule has 5 heteroatoms. The maximum atomic E-state index is 12.3. The molecule has 29 heavy (non-hydrogen) atoms. The van der Waals surface area contributed by atoms with Crippen LogP contribution in [0.2, 0.25) is 0 Å². The summed E-state index contributed by atoms with van der Waals surface area (Å²) in [5, 5.41) is 20.8. The van der Waals surface area contributed by atoms with Crippen LogP contribution in [0, 0.1) is 0 Å². The van der Waals surface area contributed by atoms with Crippen LogP contribution in [-0.4, -0.2) is 16.1 Å². The Morgan fingerprint density at radius 2 is 1.21 bits per heavy atom. The highest BCUT2D eigenvalue weighted by Crippen LogP contribution is 2.42. The van der Waals surface area contributed by atoms with E-state index in [1.807, 2.05) is 72.7 Å². The van der Waals surface area contributed by atoms with Crippen LogP contribution in [0.25, 0.3) is 0 Å². The van der Waals surface area contributed by atoms with Crippen LogP contribution in [0.1, 0.15) is 77.1 Å². The zero-order valence-electron chi connectivity index (χ0n) is 18.6. The molecule has 1 amide bonds. The Morgan fingerprint density at radius 1 is 0.828 bits per heavy atom. The number of amides is 1. The number of nitrogens with one attached hydrogen (secondary N) is 1. The minimum absolute atomic E-state index is 0.131. The molecule has 0 aliphatic carbocycles. The van der Waals surface area contributed by atoms with Crippen molar-refractivity contribution in [3.63, 3.8) is 0 Å². The maximum absolute atomic E-state index is 12.3. The van der Waals surface area contributed by atoms with E-state index in [-0.39, 0.29) is 34.7 Å². The summed E-state index contributed by atoms with van der Waals surface area (Å²) in [7, 11) is 0. The van der Waals surface area contributed by atoms with Crippen LogP contribution >= 0.6 is 0 Å². The molecule has 0 fully saturated rings. The van der Waals surface area contributed by atoms with Gasteiger partial charge in [-0.3, -0.25) is 10.2 Å². The van der Waals surface area contributed by atoms with E-state index in [1.54, 1.807) is 12.1 Å². The number of rotatable bonds is 4. The van der Waals surface area contributed by atoms with E-state index in [0.717, 1.165) is 22.3 Å². The molecule has 2 aromatic carbocycles.